The molecule has 1 fully saturated rings. The lowest BCUT2D eigenvalue weighted by Gasteiger charge is -2.32. The Morgan fingerprint density at radius 2 is 1.78 bits per heavy atom. The maximum absolute atomic E-state index is 6.05. The van der Waals surface area contributed by atoms with E-state index in [4.69, 9.17) is 9.31 Å². The van der Waals surface area contributed by atoms with Crippen LogP contribution in [0.1, 0.15) is 46.7 Å². The molecule has 0 amide bonds. The van der Waals surface area contributed by atoms with E-state index in [0.717, 1.165) is 24.1 Å². The second-order valence-electron chi connectivity index (χ2n) is 6.02. The quantitative estimate of drug-likeness (QED) is 0.769. The van der Waals surface area contributed by atoms with Crippen LogP contribution < -0.4 is 5.46 Å². The molecule has 1 aromatic heterocycles. The zero-order chi connectivity index (χ0) is 13.6. The van der Waals surface area contributed by atoms with E-state index < -0.39 is 0 Å². The van der Waals surface area contributed by atoms with Gasteiger partial charge in [-0.2, -0.15) is 5.10 Å². The molecule has 1 aromatic rings. The molecular weight excluding hydrogens is 227 g/mol. The molecule has 0 N–H and O–H groups in total. The number of hydrogen-bond donors (Lipinski definition) is 0. The monoisotopic (exact) mass is 250 g/mol. The van der Waals surface area contributed by atoms with Crippen LogP contribution in [-0.4, -0.2) is 28.1 Å². The Kier molecular flexibility index (Phi) is 3.32. The second-order valence-corrected chi connectivity index (χ2v) is 6.02. The van der Waals surface area contributed by atoms with E-state index >= 15 is 0 Å². The Morgan fingerprint density at radius 1 is 1.22 bits per heavy atom. The Balaban J connectivity index is 2.24. The number of aromatic nitrogens is 2. The first-order valence-electron chi connectivity index (χ1n) is 6.66. The second kappa shape index (κ2) is 4.39. The van der Waals surface area contributed by atoms with Gasteiger partial charge >= 0.3 is 7.12 Å². The summed E-state index contributed by atoms with van der Waals surface area (Å²) in [4.78, 5) is 0. The van der Waals surface area contributed by atoms with Crippen molar-refractivity contribution in [3.8, 4) is 0 Å². The lowest BCUT2D eigenvalue weighted by Crippen LogP contribution is -2.41. The number of hydrogen-bond acceptors (Lipinski definition) is 3. The summed E-state index contributed by atoms with van der Waals surface area (Å²) in [5.74, 6) is 0. The van der Waals surface area contributed by atoms with E-state index in [2.05, 4.69) is 39.7 Å². The van der Waals surface area contributed by atoms with Gasteiger partial charge in [0.2, 0.25) is 0 Å². The highest BCUT2D eigenvalue weighted by atomic mass is 16.7. The minimum absolute atomic E-state index is 0.295. The smallest absolute Gasteiger partial charge is 0.399 e. The normalized spacial score (nSPS) is 21.6. The Bertz CT molecular complexity index is 424. The zero-order valence-electron chi connectivity index (χ0n) is 12.3. The third-order valence-corrected chi connectivity index (χ3v) is 3.94. The SMILES string of the molecule is CCCn1cc(B2OC(C)(C)C(C)(C)O2)c(C)n1. The number of rotatable bonds is 3. The van der Waals surface area contributed by atoms with Crippen molar-refractivity contribution in [1.29, 1.82) is 0 Å². The molecule has 0 aromatic carbocycles. The average molecular weight is 250 g/mol. The van der Waals surface area contributed by atoms with Crippen molar-refractivity contribution in [3.05, 3.63) is 11.9 Å². The van der Waals surface area contributed by atoms with Gasteiger partial charge in [-0.15, -0.1) is 0 Å². The lowest BCUT2D eigenvalue weighted by atomic mass is 9.79. The molecule has 2 rings (SSSR count). The molecule has 0 atom stereocenters. The topological polar surface area (TPSA) is 36.3 Å². The zero-order valence-corrected chi connectivity index (χ0v) is 12.3. The van der Waals surface area contributed by atoms with Gasteiger partial charge in [0.25, 0.3) is 0 Å². The summed E-state index contributed by atoms with van der Waals surface area (Å²) >= 11 is 0. The molecule has 0 unspecified atom stereocenters. The van der Waals surface area contributed by atoms with Crippen molar-refractivity contribution < 1.29 is 9.31 Å². The minimum atomic E-state index is -0.305. The molecule has 4 nitrogen and oxygen atoms in total. The van der Waals surface area contributed by atoms with Gasteiger partial charge in [-0.3, -0.25) is 4.68 Å². The Labute approximate surface area is 110 Å². The van der Waals surface area contributed by atoms with E-state index in [1.54, 1.807) is 0 Å². The fourth-order valence-electron chi connectivity index (χ4n) is 2.08. The molecule has 0 radical (unpaired) electrons. The largest absolute Gasteiger partial charge is 0.498 e. The van der Waals surface area contributed by atoms with Gasteiger partial charge in [0.1, 0.15) is 0 Å². The molecule has 1 saturated heterocycles. The molecule has 18 heavy (non-hydrogen) atoms. The van der Waals surface area contributed by atoms with E-state index in [9.17, 15) is 0 Å². The fraction of sp³-hybridized carbons (Fsp3) is 0.769. The van der Waals surface area contributed by atoms with Gasteiger partial charge in [0.15, 0.2) is 0 Å². The van der Waals surface area contributed by atoms with Crippen LogP contribution in [0.4, 0.5) is 0 Å². The molecule has 0 bridgehead atoms. The lowest BCUT2D eigenvalue weighted by molar-refractivity contribution is 0.00578. The number of nitrogens with zero attached hydrogens (tertiary/aromatic N) is 2. The predicted molar refractivity (Wildman–Crippen MR) is 73.0 cm³/mol. The van der Waals surface area contributed by atoms with Crippen LogP contribution in [0, 0.1) is 6.92 Å². The summed E-state index contributed by atoms with van der Waals surface area (Å²) in [5, 5.41) is 4.50. The van der Waals surface area contributed by atoms with E-state index in [1.165, 1.54) is 0 Å². The summed E-state index contributed by atoms with van der Waals surface area (Å²) < 4.78 is 14.1. The van der Waals surface area contributed by atoms with E-state index in [0.29, 0.717) is 0 Å². The van der Waals surface area contributed by atoms with Crippen LogP contribution >= 0.6 is 0 Å². The number of aryl methyl sites for hydroxylation is 2. The first-order valence-corrected chi connectivity index (χ1v) is 6.66. The molecule has 0 saturated carbocycles. The highest BCUT2D eigenvalue weighted by Crippen LogP contribution is 2.36. The van der Waals surface area contributed by atoms with Gasteiger partial charge in [0.05, 0.1) is 16.9 Å². The van der Waals surface area contributed by atoms with Gasteiger partial charge in [-0.25, -0.2) is 0 Å². The van der Waals surface area contributed by atoms with Crippen LogP contribution in [-0.2, 0) is 15.9 Å². The van der Waals surface area contributed by atoms with Gasteiger partial charge < -0.3 is 9.31 Å². The molecule has 100 valence electrons. The summed E-state index contributed by atoms with van der Waals surface area (Å²) in [7, 11) is -0.305. The van der Waals surface area contributed by atoms with Crippen molar-refractivity contribution in [3.63, 3.8) is 0 Å². The highest BCUT2D eigenvalue weighted by molar-refractivity contribution is 6.62. The first kappa shape index (κ1) is 13.6. The van der Waals surface area contributed by atoms with Crippen molar-refractivity contribution in [2.45, 2.75) is 65.7 Å². The van der Waals surface area contributed by atoms with Crippen LogP contribution in [0.5, 0.6) is 0 Å². The van der Waals surface area contributed by atoms with Crippen molar-refractivity contribution >= 4 is 12.6 Å². The molecule has 0 aliphatic carbocycles. The van der Waals surface area contributed by atoms with Crippen LogP contribution in [0.15, 0.2) is 6.20 Å². The summed E-state index contributed by atoms with van der Waals surface area (Å²) in [6.07, 6.45) is 3.12. The Hall–Kier alpha value is -0.805. The summed E-state index contributed by atoms with van der Waals surface area (Å²) in [5.41, 5.74) is 1.44. The van der Waals surface area contributed by atoms with Gasteiger partial charge in [0, 0.05) is 18.2 Å². The average Bonchev–Trinajstić information content (AvgIpc) is 2.66. The minimum Gasteiger partial charge on any atom is -0.399 e. The molecule has 5 heteroatoms. The Morgan fingerprint density at radius 3 is 2.28 bits per heavy atom. The third-order valence-electron chi connectivity index (χ3n) is 3.94. The highest BCUT2D eigenvalue weighted by Gasteiger charge is 2.52. The molecule has 1 aliphatic rings. The summed E-state index contributed by atoms with van der Waals surface area (Å²) in [6, 6.07) is 0. The van der Waals surface area contributed by atoms with Crippen molar-refractivity contribution in [2.75, 3.05) is 0 Å². The maximum atomic E-state index is 6.05. The van der Waals surface area contributed by atoms with Crippen LogP contribution in [0.3, 0.4) is 0 Å². The molecule has 2 heterocycles. The molecular formula is C13H23BN2O2. The molecule has 0 spiro atoms. The van der Waals surface area contributed by atoms with Crippen LogP contribution in [0.2, 0.25) is 0 Å². The maximum Gasteiger partial charge on any atom is 0.498 e. The van der Waals surface area contributed by atoms with Gasteiger partial charge in [-0.1, -0.05) is 6.92 Å². The van der Waals surface area contributed by atoms with Gasteiger partial charge in [-0.05, 0) is 41.0 Å². The van der Waals surface area contributed by atoms with Crippen molar-refractivity contribution in [1.82, 2.24) is 9.78 Å². The van der Waals surface area contributed by atoms with Crippen LogP contribution in [0.25, 0.3) is 0 Å². The molecule has 1 aliphatic heterocycles. The third kappa shape index (κ3) is 2.21. The standard InChI is InChI=1S/C13H23BN2O2/c1-7-8-16-9-11(10(2)15-16)14-17-12(3,4)13(5,6)18-14/h9H,7-8H2,1-6H3. The fourth-order valence-corrected chi connectivity index (χ4v) is 2.08. The van der Waals surface area contributed by atoms with Crippen molar-refractivity contribution in [2.24, 2.45) is 0 Å². The van der Waals surface area contributed by atoms with E-state index in [1.807, 2.05) is 17.8 Å². The van der Waals surface area contributed by atoms with E-state index in [-0.39, 0.29) is 18.3 Å². The first-order chi connectivity index (χ1) is 8.27. The predicted octanol–water partition coefficient (Wildman–Crippen LogP) is 1.90. The summed E-state index contributed by atoms with van der Waals surface area (Å²) in [6.45, 7) is 13.4.